The summed E-state index contributed by atoms with van der Waals surface area (Å²) in [5.74, 6) is -0.507. The van der Waals surface area contributed by atoms with Crippen molar-refractivity contribution in [3.63, 3.8) is 0 Å². The van der Waals surface area contributed by atoms with Gasteiger partial charge in [0.15, 0.2) is 0 Å². The molecule has 0 aliphatic heterocycles. The van der Waals surface area contributed by atoms with Crippen molar-refractivity contribution < 1.29 is 18.0 Å². The van der Waals surface area contributed by atoms with Crippen molar-refractivity contribution in [2.24, 2.45) is 0 Å². The summed E-state index contributed by atoms with van der Waals surface area (Å²) in [6, 6.07) is 30.3. The summed E-state index contributed by atoms with van der Waals surface area (Å²) in [5.41, 5.74) is 5.16. The summed E-state index contributed by atoms with van der Waals surface area (Å²) in [6.45, 7) is 11.6. The molecule has 0 spiro atoms. The molecule has 0 radical (unpaired) electrons. The van der Waals surface area contributed by atoms with E-state index in [4.69, 9.17) is 0 Å². The molecule has 0 aliphatic carbocycles. The van der Waals surface area contributed by atoms with Gasteiger partial charge in [-0.2, -0.15) is 0 Å². The zero-order valence-corrected chi connectivity index (χ0v) is 29.1. The van der Waals surface area contributed by atoms with Crippen molar-refractivity contribution in [1.82, 2.24) is 10.2 Å². The summed E-state index contributed by atoms with van der Waals surface area (Å²) in [5, 5.41) is 3.08. The van der Waals surface area contributed by atoms with Gasteiger partial charge in [-0.05, 0) is 74.1 Å². The molecule has 2 atom stereocenters. The fourth-order valence-corrected chi connectivity index (χ4v) is 6.69. The van der Waals surface area contributed by atoms with Crippen LogP contribution in [0.1, 0.15) is 67.9 Å². The minimum atomic E-state index is -4.15. The molecule has 0 unspecified atom stereocenters. The monoisotopic (exact) mass is 653 g/mol. The van der Waals surface area contributed by atoms with Crippen LogP contribution in [0.15, 0.2) is 108 Å². The number of nitrogens with zero attached hydrogens (tertiary/aromatic N) is 2. The molecule has 4 rings (SSSR count). The first-order valence-corrected chi connectivity index (χ1v) is 17.7. The van der Waals surface area contributed by atoms with E-state index in [-0.39, 0.29) is 35.7 Å². The van der Waals surface area contributed by atoms with Gasteiger partial charge in [0.05, 0.1) is 10.6 Å². The van der Waals surface area contributed by atoms with Gasteiger partial charge in [0.2, 0.25) is 11.8 Å². The highest BCUT2D eigenvalue weighted by Crippen LogP contribution is 2.27. The second-order valence-electron chi connectivity index (χ2n) is 12.6. The van der Waals surface area contributed by atoms with E-state index in [0.717, 1.165) is 34.2 Å². The molecular formula is C39H47N3O4S. The molecule has 0 bridgehead atoms. The molecule has 0 saturated carbocycles. The first-order valence-electron chi connectivity index (χ1n) is 16.3. The third kappa shape index (κ3) is 9.32. The zero-order chi connectivity index (χ0) is 34.1. The summed E-state index contributed by atoms with van der Waals surface area (Å²) in [4.78, 5) is 30.2. The lowest BCUT2D eigenvalue weighted by Crippen LogP contribution is -2.54. The highest BCUT2D eigenvalue weighted by Gasteiger charge is 2.35. The molecule has 1 N–H and O–H groups in total. The first kappa shape index (κ1) is 35.4. The van der Waals surface area contributed by atoms with Crippen LogP contribution in [-0.2, 0) is 32.6 Å². The third-order valence-corrected chi connectivity index (χ3v) is 10.3. The van der Waals surface area contributed by atoms with Crippen LogP contribution in [0.2, 0.25) is 0 Å². The van der Waals surface area contributed by atoms with E-state index in [2.05, 4.69) is 19.2 Å². The Morgan fingerprint density at radius 3 is 1.87 bits per heavy atom. The molecule has 47 heavy (non-hydrogen) atoms. The van der Waals surface area contributed by atoms with Gasteiger partial charge in [-0.25, -0.2) is 8.42 Å². The van der Waals surface area contributed by atoms with Gasteiger partial charge >= 0.3 is 0 Å². The van der Waals surface area contributed by atoms with Gasteiger partial charge in [0.1, 0.15) is 12.6 Å². The van der Waals surface area contributed by atoms with E-state index in [0.29, 0.717) is 5.69 Å². The number of carbonyl (C=O) groups excluding carboxylic acids is 2. The second kappa shape index (κ2) is 15.9. The van der Waals surface area contributed by atoms with Crippen LogP contribution in [0.4, 0.5) is 5.69 Å². The molecule has 7 nitrogen and oxygen atoms in total. The van der Waals surface area contributed by atoms with Crippen molar-refractivity contribution in [2.75, 3.05) is 10.8 Å². The maximum atomic E-state index is 14.6. The lowest BCUT2D eigenvalue weighted by molar-refractivity contribution is -0.140. The first-order chi connectivity index (χ1) is 22.4. The number of carbonyl (C=O) groups is 2. The molecule has 2 amide bonds. The van der Waals surface area contributed by atoms with E-state index >= 15 is 0 Å². The van der Waals surface area contributed by atoms with Crippen LogP contribution >= 0.6 is 0 Å². The summed E-state index contributed by atoms with van der Waals surface area (Å²) in [7, 11) is -4.15. The number of benzene rings is 4. The van der Waals surface area contributed by atoms with Gasteiger partial charge in [-0.1, -0.05) is 111 Å². The smallest absolute Gasteiger partial charge is 0.264 e. The average molecular weight is 654 g/mol. The maximum absolute atomic E-state index is 14.6. The fraction of sp³-hybridized carbons (Fsp3) is 0.333. The minimum Gasteiger partial charge on any atom is -0.352 e. The van der Waals surface area contributed by atoms with E-state index < -0.39 is 28.5 Å². The molecule has 0 aliphatic rings. The molecule has 0 heterocycles. The van der Waals surface area contributed by atoms with Gasteiger partial charge < -0.3 is 10.2 Å². The van der Waals surface area contributed by atoms with Crippen molar-refractivity contribution >= 4 is 27.5 Å². The highest BCUT2D eigenvalue weighted by molar-refractivity contribution is 7.92. The Morgan fingerprint density at radius 2 is 1.32 bits per heavy atom. The van der Waals surface area contributed by atoms with Crippen LogP contribution < -0.4 is 9.62 Å². The van der Waals surface area contributed by atoms with Crippen molar-refractivity contribution in [3.8, 4) is 0 Å². The lowest BCUT2D eigenvalue weighted by Gasteiger charge is -2.34. The van der Waals surface area contributed by atoms with Crippen molar-refractivity contribution in [3.05, 3.63) is 131 Å². The number of rotatable bonds is 14. The number of nitrogens with one attached hydrogen (secondary N) is 1. The molecule has 0 aromatic heterocycles. The van der Waals surface area contributed by atoms with Gasteiger partial charge in [0, 0.05) is 19.0 Å². The average Bonchev–Trinajstić information content (AvgIpc) is 3.06. The minimum absolute atomic E-state index is 0.0873. The van der Waals surface area contributed by atoms with E-state index in [1.165, 1.54) is 9.21 Å². The number of aryl methyl sites for hydroxylation is 2. The molecule has 248 valence electrons. The Kier molecular flexibility index (Phi) is 12.0. The SMILES string of the molecule is CC[C@H](C)NC(=O)[C@@H](Cc1ccccc1)N(Cc1ccc(C)cc1)C(=O)CN(c1ccc(C(C)C)cc1)S(=O)(=O)c1ccc(C)cc1. The summed E-state index contributed by atoms with van der Waals surface area (Å²) in [6.07, 6.45) is 0.999. The predicted molar refractivity (Wildman–Crippen MR) is 190 cm³/mol. The highest BCUT2D eigenvalue weighted by atomic mass is 32.2. The predicted octanol–water partition coefficient (Wildman–Crippen LogP) is 7.18. The Morgan fingerprint density at radius 1 is 0.745 bits per heavy atom. The quantitative estimate of drug-likeness (QED) is 0.156. The van der Waals surface area contributed by atoms with Gasteiger partial charge in [-0.15, -0.1) is 0 Å². The fourth-order valence-electron chi connectivity index (χ4n) is 5.28. The molecule has 4 aromatic rings. The van der Waals surface area contributed by atoms with Crippen LogP contribution in [-0.4, -0.2) is 43.8 Å². The summed E-state index contributed by atoms with van der Waals surface area (Å²) >= 11 is 0. The summed E-state index contributed by atoms with van der Waals surface area (Å²) < 4.78 is 29.7. The van der Waals surface area contributed by atoms with Crippen LogP contribution in [0.3, 0.4) is 0 Å². The number of hydrogen-bond acceptors (Lipinski definition) is 4. The third-order valence-electron chi connectivity index (χ3n) is 8.48. The second-order valence-corrected chi connectivity index (χ2v) is 14.5. The van der Waals surface area contributed by atoms with E-state index in [1.54, 1.807) is 36.4 Å². The Labute approximate surface area is 280 Å². The van der Waals surface area contributed by atoms with E-state index in [1.807, 2.05) is 94.4 Å². The number of anilines is 1. The van der Waals surface area contributed by atoms with E-state index in [9.17, 15) is 18.0 Å². The lowest BCUT2D eigenvalue weighted by atomic mass is 10.0. The Hall–Kier alpha value is -4.43. The molecule has 4 aromatic carbocycles. The number of hydrogen-bond donors (Lipinski definition) is 1. The molecular weight excluding hydrogens is 607 g/mol. The van der Waals surface area contributed by atoms with Crippen molar-refractivity contribution in [1.29, 1.82) is 0 Å². The largest absolute Gasteiger partial charge is 0.352 e. The van der Waals surface area contributed by atoms with Crippen LogP contribution in [0, 0.1) is 13.8 Å². The number of sulfonamides is 1. The molecule has 0 fully saturated rings. The standard InChI is InChI=1S/C39H47N3O4S/c1-7-31(6)40-39(44)37(25-32-11-9-8-10-12-32)41(26-33-17-13-29(4)14-18-33)38(43)27-42(35-21-19-34(20-22-35)28(2)3)47(45,46)36-23-15-30(5)16-24-36/h8-24,28,31,37H,7,25-27H2,1-6H3,(H,40,44)/t31-,37+/m0/s1. The van der Waals surface area contributed by atoms with Crippen LogP contribution in [0.5, 0.6) is 0 Å². The molecule has 8 heteroatoms. The van der Waals surface area contributed by atoms with Crippen molar-refractivity contribution in [2.45, 2.75) is 83.8 Å². The topological polar surface area (TPSA) is 86.8 Å². The Bertz CT molecular complexity index is 1720. The normalized spacial score (nSPS) is 12.7. The maximum Gasteiger partial charge on any atom is 0.264 e. The van der Waals surface area contributed by atoms with Crippen LogP contribution in [0.25, 0.3) is 0 Å². The molecule has 0 saturated heterocycles. The van der Waals surface area contributed by atoms with Gasteiger partial charge in [0.25, 0.3) is 10.0 Å². The van der Waals surface area contributed by atoms with Gasteiger partial charge in [-0.3, -0.25) is 13.9 Å². The Balaban J connectivity index is 1.81. The number of amides is 2. The zero-order valence-electron chi connectivity index (χ0n) is 28.3.